The average Bonchev–Trinajstić information content (AvgIpc) is 3.42. The molecule has 0 atom stereocenters. The molecule has 0 saturated carbocycles. The van der Waals surface area contributed by atoms with Crippen LogP contribution in [0.5, 0.6) is 0 Å². The summed E-state index contributed by atoms with van der Waals surface area (Å²) < 4.78 is 22.4. The Balaban J connectivity index is -0.00000133. The fraction of sp³-hybridized carbons (Fsp3) is 0.667. The summed E-state index contributed by atoms with van der Waals surface area (Å²) in [6.45, 7) is 11.5. The topological polar surface area (TPSA) is 305 Å². The van der Waals surface area contributed by atoms with Crippen LogP contribution in [0.2, 0.25) is 0 Å². The van der Waals surface area contributed by atoms with Crippen molar-refractivity contribution >= 4 is 42.3 Å². The largest absolute Gasteiger partial charge is 0.468 e. The van der Waals surface area contributed by atoms with Gasteiger partial charge < -0.3 is 18.9 Å². The number of carbonyl (C=O) groups is 4. The molecular formula is C57H86N6O14. The first-order valence-electron chi connectivity index (χ1n) is 27.1. The van der Waals surface area contributed by atoms with Crippen molar-refractivity contribution in [1.29, 1.82) is 0 Å². The first kappa shape index (κ1) is 74.8. The second kappa shape index (κ2) is 58.8. The van der Waals surface area contributed by atoms with Gasteiger partial charge in [0.15, 0.2) is 11.6 Å². The summed E-state index contributed by atoms with van der Waals surface area (Å²) in [6.07, 6.45) is 25.9. The summed E-state index contributed by atoms with van der Waals surface area (Å²) in [6, 6.07) is 14.6. The van der Waals surface area contributed by atoms with Crippen molar-refractivity contribution in [3.05, 3.63) is 91.7 Å². The minimum Gasteiger partial charge on any atom is -0.468 e. The number of unbranched alkanes of at least 4 members (excludes halogenated alkanes) is 16. The van der Waals surface area contributed by atoms with Gasteiger partial charge in [-0.3, -0.25) is 19.2 Å². The molecule has 0 saturated heterocycles. The van der Waals surface area contributed by atoms with Crippen molar-refractivity contribution in [1.82, 2.24) is 0 Å². The lowest BCUT2D eigenvalue weighted by Crippen LogP contribution is -2.40. The number of hydrogen-bond acceptors (Lipinski definition) is 16. The lowest BCUT2D eigenvalue weighted by Gasteiger charge is -2.33. The van der Waals surface area contributed by atoms with Gasteiger partial charge in [0.2, 0.25) is 0 Å². The van der Waals surface area contributed by atoms with Gasteiger partial charge in [-0.05, 0) is 67.1 Å². The Morgan fingerprint density at radius 3 is 1.08 bits per heavy atom. The third-order valence-electron chi connectivity index (χ3n) is 11.6. The zero-order valence-corrected chi connectivity index (χ0v) is 46.1. The minimum absolute atomic E-state index is 0.174. The Bertz CT molecular complexity index is 1930. The van der Waals surface area contributed by atoms with Gasteiger partial charge in [0.05, 0.1) is 39.5 Å². The van der Waals surface area contributed by atoms with Crippen molar-refractivity contribution in [3.63, 3.8) is 0 Å². The van der Waals surface area contributed by atoms with Crippen LogP contribution in [0.15, 0.2) is 58.8 Å². The third-order valence-corrected chi connectivity index (χ3v) is 11.6. The molecule has 20 nitrogen and oxygen atoms in total. The van der Waals surface area contributed by atoms with E-state index in [0.29, 0.717) is 91.5 Å². The first-order chi connectivity index (χ1) is 37.5. The Labute approximate surface area is 455 Å². The number of ether oxygens (including phenoxy) is 4. The number of benzene rings is 2. The standard InChI is InChI=1S/C34H57N3O5.C20H29N3O3.3CO2/c1-4-22-40-27-34(28-41-23-5-2,29-42-24-6-3)25-32(38)16-14-12-10-8-7-9-11-13-15-17-33(39)31-20-18-30(19-21-31)26-36-37-35;21-23-22-16-18-11-13-19(14-12-18)20(25)10-8-6-4-2-1-3-5-7-9-15-26-17-24;3*2-1-3/h18-21H,4-17,22-29H2,1-3H3;11-14,17H,1-10,15-16H2;;;. The summed E-state index contributed by atoms with van der Waals surface area (Å²) in [5.74, 6) is 0.638. The van der Waals surface area contributed by atoms with Crippen molar-refractivity contribution in [2.45, 2.75) is 194 Å². The average molecular weight is 1080 g/mol. The van der Waals surface area contributed by atoms with Crippen molar-refractivity contribution in [3.8, 4) is 0 Å². The lowest BCUT2D eigenvalue weighted by molar-refractivity contribution is -0.193. The highest BCUT2D eigenvalue weighted by molar-refractivity contribution is 5.96. The van der Waals surface area contributed by atoms with E-state index in [1.165, 1.54) is 51.4 Å². The maximum absolute atomic E-state index is 13.0. The fourth-order valence-corrected chi connectivity index (χ4v) is 7.79. The number of rotatable bonds is 45. The van der Waals surface area contributed by atoms with Crippen LogP contribution in [0.3, 0.4) is 0 Å². The van der Waals surface area contributed by atoms with Gasteiger partial charge in [0.25, 0.3) is 6.47 Å². The highest BCUT2D eigenvalue weighted by Crippen LogP contribution is 2.27. The van der Waals surface area contributed by atoms with Gasteiger partial charge in [0, 0.05) is 71.9 Å². The van der Waals surface area contributed by atoms with Gasteiger partial charge in [-0.1, -0.05) is 169 Å². The second-order valence-electron chi connectivity index (χ2n) is 18.2. The maximum Gasteiger partial charge on any atom is 0.373 e. The predicted molar refractivity (Wildman–Crippen MR) is 287 cm³/mol. The summed E-state index contributed by atoms with van der Waals surface area (Å²) in [4.78, 5) is 102. The van der Waals surface area contributed by atoms with E-state index in [-0.39, 0.29) is 35.8 Å². The molecule has 0 fully saturated rings. The molecule has 0 radical (unpaired) electrons. The van der Waals surface area contributed by atoms with E-state index in [9.17, 15) is 19.2 Å². The van der Waals surface area contributed by atoms with Crippen LogP contribution in [0.4, 0.5) is 0 Å². The molecule has 2 aromatic rings. The highest BCUT2D eigenvalue weighted by Gasteiger charge is 2.34. The van der Waals surface area contributed by atoms with Crippen LogP contribution in [0.25, 0.3) is 20.9 Å². The van der Waals surface area contributed by atoms with E-state index in [2.05, 4.69) is 45.6 Å². The van der Waals surface area contributed by atoms with Crippen LogP contribution in [0, 0.1) is 5.41 Å². The monoisotopic (exact) mass is 1080 g/mol. The van der Waals surface area contributed by atoms with Gasteiger partial charge in [-0.2, -0.15) is 28.8 Å². The lowest BCUT2D eigenvalue weighted by atomic mass is 9.84. The van der Waals surface area contributed by atoms with E-state index >= 15 is 0 Å². The molecule has 0 aliphatic heterocycles. The van der Waals surface area contributed by atoms with E-state index in [4.69, 9.17) is 54.0 Å². The molecule has 2 aromatic carbocycles. The quantitative estimate of drug-likeness (QED) is 0.0149. The molecule has 0 spiro atoms. The van der Waals surface area contributed by atoms with Crippen molar-refractivity contribution < 1.29 is 66.9 Å². The van der Waals surface area contributed by atoms with Crippen LogP contribution in [-0.4, -0.2) is 88.5 Å². The SMILES string of the molecule is CCCOCC(COCCC)(COCCC)CC(=O)CCCCCCCCCCCC(=O)c1ccc(CN=[N+]=[N-])cc1.O=C=O.O=C=O.O=C=O.[N-]=[N+]=NCc1ccc(C(=O)CCCCCCCCCCCOC=O)cc1. The zero-order valence-electron chi connectivity index (χ0n) is 46.1. The van der Waals surface area contributed by atoms with Gasteiger partial charge >= 0.3 is 18.5 Å². The van der Waals surface area contributed by atoms with Crippen LogP contribution in [0.1, 0.15) is 213 Å². The number of ketones is 3. The summed E-state index contributed by atoms with van der Waals surface area (Å²) >= 11 is 0. The highest BCUT2D eigenvalue weighted by atomic mass is 16.5. The summed E-state index contributed by atoms with van der Waals surface area (Å²) in [5, 5.41) is 7.05. The van der Waals surface area contributed by atoms with E-state index in [1.807, 2.05) is 48.5 Å². The third kappa shape index (κ3) is 48.9. The Morgan fingerprint density at radius 1 is 0.481 bits per heavy atom. The van der Waals surface area contributed by atoms with E-state index < -0.39 is 5.41 Å². The Morgan fingerprint density at radius 2 is 0.779 bits per heavy atom. The molecule has 0 N–H and O–H groups in total. The Kier molecular flexibility index (Phi) is 57.1. The molecular weight excluding hydrogens is 993 g/mol. The minimum atomic E-state index is -0.403. The van der Waals surface area contributed by atoms with Crippen LogP contribution in [-0.2, 0) is 70.4 Å². The molecule has 0 amide bonds. The zero-order chi connectivity index (χ0) is 57.7. The van der Waals surface area contributed by atoms with Crippen molar-refractivity contribution in [2.75, 3.05) is 46.2 Å². The number of azide groups is 2. The molecule has 0 aromatic heterocycles. The van der Waals surface area contributed by atoms with Crippen LogP contribution >= 0.6 is 0 Å². The molecule has 2 rings (SSSR count). The van der Waals surface area contributed by atoms with E-state index in [1.54, 1.807) is 0 Å². The van der Waals surface area contributed by atoms with Crippen LogP contribution < -0.4 is 0 Å². The summed E-state index contributed by atoms with van der Waals surface area (Å²) in [7, 11) is 0. The van der Waals surface area contributed by atoms with E-state index in [0.717, 1.165) is 106 Å². The molecule has 428 valence electrons. The normalized spacial score (nSPS) is 9.96. The first-order valence-corrected chi connectivity index (χ1v) is 27.1. The molecule has 0 unspecified atom stereocenters. The van der Waals surface area contributed by atoms with Gasteiger partial charge in [-0.25, -0.2) is 0 Å². The maximum atomic E-state index is 13.0. The number of Topliss-reactive ketones (excluding diaryl/α,β-unsaturated/α-hetero) is 3. The molecule has 20 heteroatoms. The second-order valence-corrected chi connectivity index (χ2v) is 18.2. The molecule has 0 bridgehead atoms. The number of carbonyl (C=O) groups excluding carboxylic acids is 10. The van der Waals surface area contributed by atoms with Gasteiger partial charge in [0.1, 0.15) is 5.78 Å². The number of hydrogen-bond donors (Lipinski definition) is 0. The predicted octanol–water partition coefficient (Wildman–Crippen LogP) is 13.2. The Hall–Kier alpha value is -6.44. The molecule has 0 heterocycles. The smallest absolute Gasteiger partial charge is 0.373 e. The molecule has 0 aliphatic carbocycles. The number of nitrogens with zero attached hydrogens (tertiary/aromatic N) is 6. The van der Waals surface area contributed by atoms with Gasteiger partial charge in [-0.15, -0.1) is 0 Å². The fourth-order valence-electron chi connectivity index (χ4n) is 7.79. The molecule has 77 heavy (non-hydrogen) atoms. The van der Waals surface area contributed by atoms with Crippen molar-refractivity contribution in [2.24, 2.45) is 15.6 Å². The summed E-state index contributed by atoms with van der Waals surface area (Å²) in [5.41, 5.74) is 19.6. The molecule has 0 aliphatic rings.